The van der Waals surface area contributed by atoms with E-state index in [0.717, 1.165) is 28.3 Å². The molecule has 0 atom stereocenters. The van der Waals surface area contributed by atoms with Gasteiger partial charge in [0, 0.05) is 29.1 Å². The molecule has 0 bridgehead atoms. The summed E-state index contributed by atoms with van der Waals surface area (Å²) in [7, 11) is 0. The molecule has 0 aliphatic rings. The van der Waals surface area contributed by atoms with Crippen LogP contribution in [0.25, 0.3) is 11.1 Å². The van der Waals surface area contributed by atoms with E-state index in [9.17, 15) is 0 Å². The number of benzene rings is 1. The summed E-state index contributed by atoms with van der Waals surface area (Å²) >= 11 is 0. The monoisotopic (exact) mass is 227 g/mol. The van der Waals surface area contributed by atoms with Crippen molar-refractivity contribution in [2.24, 2.45) is 0 Å². The molecule has 1 aromatic carbocycles. The average Bonchev–Trinajstić information content (AvgIpc) is 2.28. The van der Waals surface area contributed by atoms with Crippen LogP contribution in [-0.2, 0) is 0 Å². The first kappa shape index (κ1) is 11.6. The molecule has 17 heavy (non-hydrogen) atoms. The van der Waals surface area contributed by atoms with Gasteiger partial charge < -0.3 is 5.73 Å². The molecule has 0 amide bonds. The van der Waals surface area contributed by atoms with E-state index < -0.39 is 0 Å². The molecule has 0 saturated carbocycles. The summed E-state index contributed by atoms with van der Waals surface area (Å²) in [6.45, 7) is 6.19. The van der Waals surface area contributed by atoms with Crippen LogP contribution in [0.5, 0.6) is 0 Å². The van der Waals surface area contributed by atoms with Gasteiger partial charge in [-0.2, -0.15) is 0 Å². The minimum absolute atomic E-state index is 0.351. The molecule has 88 valence electrons. The normalized spacial score (nSPS) is 10.8. The van der Waals surface area contributed by atoms with Crippen molar-refractivity contribution in [3.05, 3.63) is 42.0 Å². The zero-order chi connectivity index (χ0) is 12.4. The van der Waals surface area contributed by atoms with Gasteiger partial charge in [-0.3, -0.25) is 0 Å². The van der Waals surface area contributed by atoms with E-state index in [4.69, 9.17) is 5.73 Å². The fourth-order valence-corrected chi connectivity index (χ4v) is 1.75. The Morgan fingerprint density at radius 2 is 2.00 bits per heavy atom. The Morgan fingerprint density at radius 1 is 1.24 bits per heavy atom. The highest BCUT2D eigenvalue weighted by Gasteiger charge is 2.08. The number of nitrogens with zero attached hydrogens (tertiary/aromatic N) is 2. The first-order valence-corrected chi connectivity index (χ1v) is 5.77. The molecule has 3 nitrogen and oxygen atoms in total. The molecule has 0 radical (unpaired) electrons. The van der Waals surface area contributed by atoms with Gasteiger partial charge in [-0.1, -0.05) is 26.0 Å². The minimum atomic E-state index is 0.351. The maximum atomic E-state index is 5.78. The summed E-state index contributed by atoms with van der Waals surface area (Å²) in [4.78, 5) is 8.92. The smallest absolute Gasteiger partial charge is 0.131 e. The third-order valence-electron chi connectivity index (χ3n) is 2.71. The maximum absolute atomic E-state index is 5.78. The summed E-state index contributed by atoms with van der Waals surface area (Å²) in [5, 5.41) is 0. The van der Waals surface area contributed by atoms with Crippen molar-refractivity contribution in [3.63, 3.8) is 0 Å². The van der Waals surface area contributed by atoms with Crippen LogP contribution in [-0.4, -0.2) is 9.97 Å². The molecule has 0 unspecified atom stereocenters. The van der Waals surface area contributed by atoms with E-state index in [2.05, 4.69) is 23.8 Å². The van der Waals surface area contributed by atoms with Crippen molar-refractivity contribution in [1.29, 1.82) is 0 Å². The molecular weight excluding hydrogens is 210 g/mol. The summed E-state index contributed by atoms with van der Waals surface area (Å²) in [6, 6.07) is 7.79. The molecular formula is C14H17N3. The second-order valence-electron chi connectivity index (χ2n) is 4.51. The largest absolute Gasteiger partial charge is 0.399 e. The lowest BCUT2D eigenvalue weighted by molar-refractivity contribution is 0.767. The first-order chi connectivity index (χ1) is 8.08. The van der Waals surface area contributed by atoms with Gasteiger partial charge in [-0.05, 0) is 24.6 Å². The number of rotatable bonds is 2. The van der Waals surface area contributed by atoms with Crippen molar-refractivity contribution in [2.75, 3.05) is 5.73 Å². The summed E-state index contributed by atoms with van der Waals surface area (Å²) in [6.07, 6.45) is 1.88. The van der Waals surface area contributed by atoms with Gasteiger partial charge in [-0.25, -0.2) is 9.97 Å². The molecule has 2 N–H and O–H groups in total. The maximum Gasteiger partial charge on any atom is 0.131 e. The molecule has 2 aromatic rings. The van der Waals surface area contributed by atoms with Gasteiger partial charge in [0.2, 0.25) is 0 Å². The Bertz CT molecular complexity index is 533. The van der Waals surface area contributed by atoms with Crippen LogP contribution in [0.3, 0.4) is 0 Å². The fourth-order valence-electron chi connectivity index (χ4n) is 1.75. The van der Waals surface area contributed by atoms with Crippen LogP contribution in [0, 0.1) is 6.92 Å². The minimum Gasteiger partial charge on any atom is -0.399 e. The van der Waals surface area contributed by atoms with E-state index in [0.29, 0.717) is 5.92 Å². The van der Waals surface area contributed by atoms with Crippen LogP contribution >= 0.6 is 0 Å². The lowest BCUT2D eigenvalue weighted by Gasteiger charge is -2.09. The molecule has 0 saturated heterocycles. The number of hydrogen-bond acceptors (Lipinski definition) is 3. The van der Waals surface area contributed by atoms with Crippen molar-refractivity contribution in [2.45, 2.75) is 26.7 Å². The molecule has 1 heterocycles. The van der Waals surface area contributed by atoms with Gasteiger partial charge in [0.05, 0.1) is 0 Å². The molecule has 3 heteroatoms. The average molecular weight is 227 g/mol. The number of nitrogens with two attached hydrogens (primary N) is 1. The third-order valence-corrected chi connectivity index (χ3v) is 2.71. The van der Waals surface area contributed by atoms with Crippen molar-refractivity contribution >= 4 is 5.69 Å². The van der Waals surface area contributed by atoms with Crippen LogP contribution in [0.2, 0.25) is 0 Å². The molecule has 0 aliphatic carbocycles. The van der Waals surface area contributed by atoms with E-state index in [1.54, 1.807) is 0 Å². The molecule has 1 aromatic heterocycles. The predicted octanol–water partition coefficient (Wildman–Crippen LogP) is 3.16. The second-order valence-corrected chi connectivity index (χ2v) is 4.51. The number of nitrogen functional groups attached to an aromatic ring is 1. The number of anilines is 1. The Balaban J connectivity index is 2.47. The lowest BCUT2D eigenvalue weighted by Crippen LogP contribution is -2.00. The van der Waals surface area contributed by atoms with Crippen molar-refractivity contribution in [1.82, 2.24) is 9.97 Å². The van der Waals surface area contributed by atoms with Gasteiger partial charge in [-0.15, -0.1) is 0 Å². The van der Waals surface area contributed by atoms with Gasteiger partial charge >= 0.3 is 0 Å². The molecule has 2 rings (SSSR count). The van der Waals surface area contributed by atoms with Gasteiger partial charge in [0.15, 0.2) is 0 Å². The SMILES string of the molecule is Cc1nc(C(C)C)ncc1-c1cccc(N)c1. The standard InChI is InChI=1S/C14H17N3/c1-9(2)14-16-8-13(10(3)17-14)11-5-4-6-12(15)7-11/h4-9H,15H2,1-3H3. The van der Waals surface area contributed by atoms with E-state index >= 15 is 0 Å². The van der Waals surface area contributed by atoms with Crippen LogP contribution in [0.4, 0.5) is 5.69 Å². The van der Waals surface area contributed by atoms with Crippen LogP contribution < -0.4 is 5.73 Å². The Labute approximate surface area is 102 Å². The van der Waals surface area contributed by atoms with Crippen LogP contribution in [0.15, 0.2) is 30.5 Å². The zero-order valence-electron chi connectivity index (χ0n) is 10.4. The summed E-state index contributed by atoms with van der Waals surface area (Å²) < 4.78 is 0. The lowest BCUT2D eigenvalue weighted by atomic mass is 10.1. The van der Waals surface area contributed by atoms with Crippen molar-refractivity contribution < 1.29 is 0 Å². The van der Waals surface area contributed by atoms with Crippen LogP contribution in [0.1, 0.15) is 31.3 Å². The summed E-state index contributed by atoms with van der Waals surface area (Å²) in [5.41, 5.74) is 9.65. The summed E-state index contributed by atoms with van der Waals surface area (Å²) in [5.74, 6) is 1.23. The predicted molar refractivity (Wildman–Crippen MR) is 70.7 cm³/mol. The number of hydrogen-bond donors (Lipinski definition) is 1. The highest BCUT2D eigenvalue weighted by atomic mass is 14.9. The van der Waals surface area contributed by atoms with E-state index in [1.165, 1.54) is 0 Å². The molecule has 0 spiro atoms. The Hall–Kier alpha value is -1.90. The topological polar surface area (TPSA) is 51.8 Å². The zero-order valence-corrected chi connectivity index (χ0v) is 10.4. The van der Waals surface area contributed by atoms with Crippen molar-refractivity contribution in [3.8, 4) is 11.1 Å². The Kier molecular flexibility index (Phi) is 3.09. The third kappa shape index (κ3) is 2.44. The quantitative estimate of drug-likeness (QED) is 0.802. The Morgan fingerprint density at radius 3 is 2.59 bits per heavy atom. The molecule has 0 aliphatic heterocycles. The number of aryl methyl sites for hydroxylation is 1. The van der Waals surface area contributed by atoms with Gasteiger partial charge in [0.25, 0.3) is 0 Å². The van der Waals surface area contributed by atoms with Gasteiger partial charge in [0.1, 0.15) is 5.82 Å². The highest BCUT2D eigenvalue weighted by Crippen LogP contribution is 2.24. The van der Waals surface area contributed by atoms with E-state index in [1.807, 2.05) is 37.4 Å². The number of aromatic nitrogens is 2. The molecule has 0 fully saturated rings. The highest BCUT2D eigenvalue weighted by molar-refractivity contribution is 5.68. The first-order valence-electron chi connectivity index (χ1n) is 5.77. The second kappa shape index (κ2) is 4.53. The van der Waals surface area contributed by atoms with E-state index in [-0.39, 0.29) is 0 Å². The fraction of sp³-hybridized carbons (Fsp3) is 0.286.